The highest BCUT2D eigenvalue weighted by Crippen LogP contribution is 2.22. The van der Waals surface area contributed by atoms with Crippen molar-refractivity contribution in [3.63, 3.8) is 0 Å². The number of aryl methyl sites for hydroxylation is 2. The van der Waals surface area contributed by atoms with Crippen LogP contribution in [0.15, 0.2) is 41.3 Å². The molecule has 0 aromatic heterocycles. The molecule has 4 heteroatoms. The van der Waals surface area contributed by atoms with E-state index in [0.29, 0.717) is 17.1 Å². The summed E-state index contributed by atoms with van der Waals surface area (Å²) in [4.78, 5) is 0.843. The highest BCUT2D eigenvalue weighted by Gasteiger charge is 2.10. The number of ether oxygens (including phenoxy) is 1. The summed E-state index contributed by atoms with van der Waals surface area (Å²) in [6, 6.07) is 13.3. The third-order valence-electron chi connectivity index (χ3n) is 3.26. The molecule has 0 aliphatic carbocycles. The SMILES string of the molecule is COc1ccc(CS(=O)c2ccc(C)cc2C)cc1C#N. The fourth-order valence-electron chi connectivity index (χ4n) is 2.22. The Kier molecular flexibility index (Phi) is 4.77. The molecule has 0 aliphatic rings. The molecule has 2 aromatic carbocycles. The van der Waals surface area contributed by atoms with E-state index >= 15 is 0 Å². The lowest BCUT2D eigenvalue weighted by Gasteiger charge is -2.08. The molecular formula is C17H17NO2S. The van der Waals surface area contributed by atoms with Crippen molar-refractivity contribution in [3.05, 3.63) is 58.7 Å². The van der Waals surface area contributed by atoms with Gasteiger partial charge in [0.1, 0.15) is 11.8 Å². The third-order valence-corrected chi connectivity index (χ3v) is 4.80. The van der Waals surface area contributed by atoms with Gasteiger partial charge in [0, 0.05) is 4.90 Å². The maximum atomic E-state index is 12.5. The first-order valence-corrected chi connectivity index (χ1v) is 7.89. The van der Waals surface area contributed by atoms with E-state index in [1.807, 2.05) is 38.1 Å². The summed E-state index contributed by atoms with van der Waals surface area (Å²) in [6.07, 6.45) is 0. The first-order chi connectivity index (χ1) is 10.0. The van der Waals surface area contributed by atoms with Crippen LogP contribution < -0.4 is 4.74 Å². The van der Waals surface area contributed by atoms with Gasteiger partial charge in [-0.25, -0.2) is 0 Å². The number of hydrogen-bond donors (Lipinski definition) is 0. The van der Waals surface area contributed by atoms with E-state index in [4.69, 9.17) is 10.00 Å². The largest absolute Gasteiger partial charge is 0.495 e. The minimum atomic E-state index is -1.12. The van der Waals surface area contributed by atoms with Crippen molar-refractivity contribution < 1.29 is 8.95 Å². The van der Waals surface area contributed by atoms with Gasteiger partial charge in [-0.3, -0.25) is 4.21 Å². The Morgan fingerprint density at radius 3 is 2.57 bits per heavy atom. The van der Waals surface area contributed by atoms with Crippen molar-refractivity contribution in [3.8, 4) is 11.8 Å². The van der Waals surface area contributed by atoms with E-state index in [1.54, 1.807) is 12.1 Å². The van der Waals surface area contributed by atoms with Gasteiger partial charge in [0.05, 0.1) is 29.2 Å². The molecule has 3 nitrogen and oxygen atoms in total. The molecule has 0 spiro atoms. The van der Waals surface area contributed by atoms with Crippen molar-refractivity contribution in [1.82, 2.24) is 0 Å². The van der Waals surface area contributed by atoms with Crippen LogP contribution >= 0.6 is 0 Å². The molecule has 0 saturated heterocycles. The van der Waals surface area contributed by atoms with Gasteiger partial charge in [-0.2, -0.15) is 5.26 Å². The third kappa shape index (κ3) is 3.50. The van der Waals surface area contributed by atoms with Crippen molar-refractivity contribution >= 4 is 10.8 Å². The van der Waals surface area contributed by atoms with Crippen LogP contribution in [-0.4, -0.2) is 11.3 Å². The van der Waals surface area contributed by atoms with E-state index in [1.165, 1.54) is 7.11 Å². The average molecular weight is 299 g/mol. The second-order valence-corrected chi connectivity index (χ2v) is 6.32. The second kappa shape index (κ2) is 6.55. The van der Waals surface area contributed by atoms with Crippen molar-refractivity contribution in [2.75, 3.05) is 7.11 Å². The van der Waals surface area contributed by atoms with E-state index in [0.717, 1.165) is 21.6 Å². The van der Waals surface area contributed by atoms with Gasteiger partial charge in [0.2, 0.25) is 0 Å². The molecule has 0 amide bonds. The first kappa shape index (κ1) is 15.3. The minimum absolute atomic E-state index is 0.391. The molecule has 1 atom stereocenters. The van der Waals surface area contributed by atoms with Crippen molar-refractivity contribution in [2.45, 2.75) is 24.5 Å². The summed E-state index contributed by atoms with van der Waals surface area (Å²) >= 11 is 0. The van der Waals surface area contributed by atoms with Gasteiger partial charge in [-0.05, 0) is 43.2 Å². The molecule has 21 heavy (non-hydrogen) atoms. The Hall–Kier alpha value is -2.12. The van der Waals surface area contributed by atoms with Crippen LogP contribution in [0.5, 0.6) is 5.75 Å². The lowest BCUT2D eigenvalue weighted by atomic mass is 10.1. The molecule has 0 saturated carbocycles. The summed E-state index contributed by atoms with van der Waals surface area (Å²) in [5, 5.41) is 9.09. The number of nitriles is 1. The van der Waals surface area contributed by atoms with Gasteiger partial charge in [-0.15, -0.1) is 0 Å². The standard InChI is InChI=1S/C17H17NO2S/c1-12-4-7-17(13(2)8-12)21(19)11-14-5-6-16(20-3)15(9-14)10-18/h4-9H,11H2,1-3H3. The molecule has 0 radical (unpaired) electrons. The van der Waals surface area contributed by atoms with E-state index in [2.05, 4.69) is 6.07 Å². The Balaban J connectivity index is 2.26. The highest BCUT2D eigenvalue weighted by molar-refractivity contribution is 7.84. The van der Waals surface area contributed by atoms with Crippen LogP contribution in [0.25, 0.3) is 0 Å². The van der Waals surface area contributed by atoms with Gasteiger partial charge in [0.25, 0.3) is 0 Å². The molecule has 1 unspecified atom stereocenters. The minimum Gasteiger partial charge on any atom is -0.495 e. The summed E-state index contributed by atoms with van der Waals surface area (Å²) < 4.78 is 17.6. The first-order valence-electron chi connectivity index (χ1n) is 6.58. The molecule has 0 bridgehead atoms. The molecule has 0 heterocycles. The molecule has 108 valence electrons. The monoisotopic (exact) mass is 299 g/mol. The number of nitrogens with zero attached hydrogens (tertiary/aromatic N) is 1. The number of methoxy groups -OCH3 is 1. The predicted molar refractivity (Wildman–Crippen MR) is 83.7 cm³/mol. The maximum Gasteiger partial charge on any atom is 0.136 e. The molecule has 0 N–H and O–H groups in total. The zero-order chi connectivity index (χ0) is 15.4. The summed E-state index contributed by atoms with van der Waals surface area (Å²) in [7, 11) is 0.408. The Labute approximate surface area is 127 Å². The molecule has 0 fully saturated rings. The number of hydrogen-bond acceptors (Lipinski definition) is 3. The van der Waals surface area contributed by atoms with Crippen molar-refractivity contribution in [1.29, 1.82) is 5.26 Å². The van der Waals surface area contributed by atoms with Gasteiger partial charge in [-0.1, -0.05) is 23.8 Å². The van der Waals surface area contributed by atoms with Crippen molar-refractivity contribution in [2.24, 2.45) is 0 Å². The maximum absolute atomic E-state index is 12.5. The Bertz CT molecular complexity index is 732. The molecular weight excluding hydrogens is 282 g/mol. The Morgan fingerprint density at radius 2 is 1.95 bits per heavy atom. The van der Waals surface area contributed by atoms with Crippen LogP contribution in [-0.2, 0) is 16.6 Å². The van der Waals surface area contributed by atoms with Crippen LogP contribution in [0.3, 0.4) is 0 Å². The van der Waals surface area contributed by atoms with E-state index in [-0.39, 0.29) is 0 Å². The normalized spacial score (nSPS) is 11.7. The van der Waals surface area contributed by atoms with E-state index in [9.17, 15) is 4.21 Å². The molecule has 0 aliphatic heterocycles. The number of benzene rings is 2. The fourth-order valence-corrected chi connectivity index (χ4v) is 3.49. The van der Waals surface area contributed by atoms with Gasteiger partial charge >= 0.3 is 0 Å². The zero-order valence-corrected chi connectivity index (χ0v) is 13.2. The van der Waals surface area contributed by atoms with Crippen LogP contribution in [0.4, 0.5) is 0 Å². The second-order valence-electron chi connectivity index (χ2n) is 4.91. The van der Waals surface area contributed by atoms with Gasteiger partial charge in [0.15, 0.2) is 0 Å². The van der Waals surface area contributed by atoms with Gasteiger partial charge < -0.3 is 4.74 Å². The zero-order valence-electron chi connectivity index (χ0n) is 12.3. The average Bonchev–Trinajstić information content (AvgIpc) is 2.46. The summed E-state index contributed by atoms with van der Waals surface area (Å²) in [5.41, 5.74) is 3.52. The van der Waals surface area contributed by atoms with Crippen LogP contribution in [0.2, 0.25) is 0 Å². The predicted octanol–water partition coefficient (Wildman–Crippen LogP) is 3.49. The fraction of sp³-hybridized carbons (Fsp3) is 0.235. The number of rotatable bonds is 4. The molecule has 2 rings (SSSR count). The van der Waals surface area contributed by atoms with Crippen LogP contribution in [0, 0.1) is 25.2 Å². The highest BCUT2D eigenvalue weighted by atomic mass is 32.2. The topological polar surface area (TPSA) is 50.1 Å². The molecule has 2 aromatic rings. The summed E-state index contributed by atoms with van der Waals surface area (Å²) in [5.74, 6) is 0.932. The lowest BCUT2D eigenvalue weighted by Crippen LogP contribution is -2.00. The Morgan fingerprint density at radius 1 is 1.19 bits per heavy atom. The van der Waals surface area contributed by atoms with E-state index < -0.39 is 10.8 Å². The quantitative estimate of drug-likeness (QED) is 0.868. The smallest absolute Gasteiger partial charge is 0.136 e. The van der Waals surface area contributed by atoms with Crippen LogP contribution in [0.1, 0.15) is 22.3 Å². The summed E-state index contributed by atoms with van der Waals surface area (Å²) in [6.45, 7) is 3.98. The lowest BCUT2D eigenvalue weighted by molar-refractivity contribution is 0.413.